The van der Waals surface area contributed by atoms with Crippen LogP contribution in [0.15, 0.2) is 24.3 Å². The van der Waals surface area contributed by atoms with Crippen molar-refractivity contribution >= 4 is 11.6 Å². The summed E-state index contributed by atoms with van der Waals surface area (Å²) < 4.78 is 36.6. The number of benzene rings is 1. The predicted molar refractivity (Wildman–Crippen MR) is 55.0 cm³/mol. The standard InChI is InChI=1S/C11H12F3NO/c1-2-3-10(16)15-9-6-4-8(5-7-9)11(12,13)14/h4-7H,2-3H2,1H3,(H,15,16). The molecule has 0 aromatic heterocycles. The number of nitrogens with one attached hydrogen (secondary N) is 1. The lowest BCUT2D eigenvalue weighted by Gasteiger charge is -2.08. The maximum Gasteiger partial charge on any atom is 0.416 e. The number of anilines is 1. The van der Waals surface area contributed by atoms with E-state index in [0.29, 0.717) is 18.5 Å². The van der Waals surface area contributed by atoms with Crippen LogP contribution in [0.25, 0.3) is 0 Å². The lowest BCUT2D eigenvalue weighted by molar-refractivity contribution is -0.137. The molecule has 0 unspecified atom stereocenters. The molecule has 5 heteroatoms. The van der Waals surface area contributed by atoms with Gasteiger partial charge in [-0.1, -0.05) is 6.92 Å². The second-order valence-electron chi connectivity index (χ2n) is 3.37. The highest BCUT2D eigenvalue weighted by Gasteiger charge is 2.29. The summed E-state index contributed by atoms with van der Waals surface area (Å²) in [5.41, 5.74) is -0.340. The van der Waals surface area contributed by atoms with Crippen molar-refractivity contribution in [2.24, 2.45) is 0 Å². The van der Waals surface area contributed by atoms with Crippen molar-refractivity contribution in [3.8, 4) is 0 Å². The topological polar surface area (TPSA) is 29.1 Å². The van der Waals surface area contributed by atoms with Gasteiger partial charge in [0.15, 0.2) is 0 Å². The molecule has 1 rings (SSSR count). The molecule has 0 saturated heterocycles. The smallest absolute Gasteiger partial charge is 0.326 e. The molecular weight excluding hydrogens is 219 g/mol. The molecule has 0 aliphatic carbocycles. The number of hydrogen-bond acceptors (Lipinski definition) is 1. The molecule has 2 nitrogen and oxygen atoms in total. The monoisotopic (exact) mass is 231 g/mol. The maximum atomic E-state index is 12.2. The number of rotatable bonds is 3. The normalized spacial score (nSPS) is 11.2. The lowest BCUT2D eigenvalue weighted by atomic mass is 10.2. The molecule has 0 aliphatic heterocycles. The fourth-order valence-corrected chi connectivity index (χ4v) is 1.19. The van der Waals surface area contributed by atoms with Crippen LogP contribution in [0, 0.1) is 0 Å². The Labute approximate surface area is 91.5 Å². The molecule has 0 radical (unpaired) electrons. The third kappa shape index (κ3) is 3.56. The summed E-state index contributed by atoms with van der Waals surface area (Å²) in [7, 11) is 0. The van der Waals surface area contributed by atoms with Gasteiger partial charge in [0.05, 0.1) is 5.56 Å². The minimum absolute atomic E-state index is 0.192. The van der Waals surface area contributed by atoms with E-state index in [0.717, 1.165) is 12.1 Å². The average Bonchev–Trinajstić information content (AvgIpc) is 2.17. The molecule has 0 spiro atoms. The van der Waals surface area contributed by atoms with Crippen molar-refractivity contribution in [3.63, 3.8) is 0 Å². The van der Waals surface area contributed by atoms with E-state index in [1.165, 1.54) is 12.1 Å². The molecule has 0 bridgehead atoms. The van der Waals surface area contributed by atoms with Crippen LogP contribution in [0.4, 0.5) is 18.9 Å². The molecule has 88 valence electrons. The van der Waals surface area contributed by atoms with Gasteiger partial charge in [-0.2, -0.15) is 13.2 Å². The van der Waals surface area contributed by atoms with E-state index in [4.69, 9.17) is 0 Å². The van der Waals surface area contributed by atoms with Gasteiger partial charge in [0.25, 0.3) is 0 Å². The molecule has 16 heavy (non-hydrogen) atoms. The minimum Gasteiger partial charge on any atom is -0.326 e. The molecule has 0 saturated carbocycles. The van der Waals surface area contributed by atoms with Crippen LogP contribution >= 0.6 is 0 Å². The predicted octanol–water partition coefficient (Wildman–Crippen LogP) is 3.44. The molecule has 1 N–H and O–H groups in total. The fraction of sp³-hybridized carbons (Fsp3) is 0.364. The van der Waals surface area contributed by atoms with Gasteiger partial charge in [-0.3, -0.25) is 4.79 Å². The fourth-order valence-electron chi connectivity index (χ4n) is 1.19. The van der Waals surface area contributed by atoms with Gasteiger partial charge >= 0.3 is 6.18 Å². The minimum atomic E-state index is -4.34. The summed E-state index contributed by atoms with van der Waals surface area (Å²) in [5, 5.41) is 2.52. The first kappa shape index (κ1) is 12.5. The summed E-state index contributed by atoms with van der Waals surface area (Å²) in [4.78, 5) is 11.2. The van der Waals surface area contributed by atoms with E-state index in [9.17, 15) is 18.0 Å². The molecule has 0 heterocycles. The van der Waals surface area contributed by atoms with E-state index >= 15 is 0 Å². The molecule has 1 aromatic rings. The van der Waals surface area contributed by atoms with Crippen molar-refractivity contribution < 1.29 is 18.0 Å². The van der Waals surface area contributed by atoms with Gasteiger partial charge in [0.2, 0.25) is 5.91 Å². The zero-order valence-corrected chi connectivity index (χ0v) is 8.77. The third-order valence-corrected chi connectivity index (χ3v) is 1.97. The van der Waals surface area contributed by atoms with E-state index < -0.39 is 11.7 Å². The lowest BCUT2D eigenvalue weighted by Crippen LogP contribution is -2.11. The second kappa shape index (κ2) is 5.01. The maximum absolute atomic E-state index is 12.2. The van der Waals surface area contributed by atoms with Crippen LogP contribution < -0.4 is 5.32 Å². The zero-order chi connectivity index (χ0) is 12.2. The SMILES string of the molecule is CCCC(=O)Nc1ccc(C(F)(F)F)cc1. The Morgan fingerprint density at radius 2 is 1.81 bits per heavy atom. The zero-order valence-electron chi connectivity index (χ0n) is 8.77. The van der Waals surface area contributed by atoms with Gasteiger partial charge in [-0.15, -0.1) is 0 Å². The quantitative estimate of drug-likeness (QED) is 0.848. The van der Waals surface area contributed by atoms with Gasteiger partial charge in [-0.05, 0) is 30.7 Å². The highest BCUT2D eigenvalue weighted by Crippen LogP contribution is 2.29. The Morgan fingerprint density at radius 3 is 2.25 bits per heavy atom. The van der Waals surface area contributed by atoms with Crippen molar-refractivity contribution in [2.45, 2.75) is 25.9 Å². The number of carbonyl (C=O) groups excluding carboxylic acids is 1. The first-order valence-electron chi connectivity index (χ1n) is 4.90. The molecule has 1 amide bonds. The first-order chi connectivity index (χ1) is 7.43. The number of amides is 1. The Hall–Kier alpha value is -1.52. The molecule has 0 atom stereocenters. The Bertz CT molecular complexity index is 356. The Morgan fingerprint density at radius 1 is 1.25 bits per heavy atom. The first-order valence-corrected chi connectivity index (χ1v) is 4.90. The highest BCUT2D eigenvalue weighted by molar-refractivity contribution is 5.90. The highest BCUT2D eigenvalue weighted by atomic mass is 19.4. The van der Waals surface area contributed by atoms with Gasteiger partial charge < -0.3 is 5.32 Å². The van der Waals surface area contributed by atoms with Crippen LogP contribution in [0.5, 0.6) is 0 Å². The molecule has 1 aromatic carbocycles. The summed E-state index contributed by atoms with van der Waals surface area (Å²) in [5.74, 6) is -0.192. The summed E-state index contributed by atoms with van der Waals surface area (Å²) in [6, 6.07) is 4.38. The molecule has 0 fully saturated rings. The van der Waals surface area contributed by atoms with Gasteiger partial charge in [-0.25, -0.2) is 0 Å². The third-order valence-electron chi connectivity index (χ3n) is 1.97. The number of halogens is 3. The van der Waals surface area contributed by atoms with Crippen LogP contribution in [0.2, 0.25) is 0 Å². The van der Waals surface area contributed by atoms with Crippen LogP contribution in [-0.4, -0.2) is 5.91 Å². The van der Waals surface area contributed by atoms with Crippen molar-refractivity contribution in [3.05, 3.63) is 29.8 Å². The second-order valence-corrected chi connectivity index (χ2v) is 3.37. The number of carbonyl (C=O) groups is 1. The van der Waals surface area contributed by atoms with Crippen LogP contribution in [0.3, 0.4) is 0 Å². The van der Waals surface area contributed by atoms with Crippen molar-refractivity contribution in [1.82, 2.24) is 0 Å². The average molecular weight is 231 g/mol. The van der Waals surface area contributed by atoms with E-state index in [1.54, 1.807) is 0 Å². The van der Waals surface area contributed by atoms with Gasteiger partial charge in [0, 0.05) is 12.1 Å². The molecule has 0 aliphatic rings. The largest absolute Gasteiger partial charge is 0.416 e. The summed E-state index contributed by atoms with van der Waals surface area (Å²) in [6.45, 7) is 1.85. The van der Waals surface area contributed by atoms with E-state index in [-0.39, 0.29) is 5.91 Å². The van der Waals surface area contributed by atoms with Crippen LogP contribution in [-0.2, 0) is 11.0 Å². The number of hydrogen-bond donors (Lipinski definition) is 1. The molecular formula is C11H12F3NO. The van der Waals surface area contributed by atoms with Crippen LogP contribution in [0.1, 0.15) is 25.3 Å². The van der Waals surface area contributed by atoms with E-state index in [2.05, 4.69) is 5.32 Å². The van der Waals surface area contributed by atoms with Crippen molar-refractivity contribution in [2.75, 3.05) is 5.32 Å². The number of alkyl halides is 3. The Balaban J connectivity index is 2.69. The van der Waals surface area contributed by atoms with E-state index in [1.807, 2.05) is 6.92 Å². The Kier molecular flexibility index (Phi) is 3.93. The van der Waals surface area contributed by atoms with Crippen molar-refractivity contribution in [1.29, 1.82) is 0 Å². The summed E-state index contributed by atoms with van der Waals surface area (Å²) in [6.07, 6.45) is -3.28. The van der Waals surface area contributed by atoms with Gasteiger partial charge in [0.1, 0.15) is 0 Å². The summed E-state index contributed by atoms with van der Waals surface area (Å²) >= 11 is 0.